The van der Waals surface area contributed by atoms with E-state index in [2.05, 4.69) is 5.32 Å². The van der Waals surface area contributed by atoms with E-state index in [0.29, 0.717) is 17.9 Å². The van der Waals surface area contributed by atoms with Crippen LogP contribution in [0.3, 0.4) is 0 Å². The number of sulfone groups is 1. The molecule has 0 fully saturated rings. The molecule has 150 valence electrons. The Morgan fingerprint density at radius 2 is 1.71 bits per heavy atom. The Balaban J connectivity index is 1.68. The Hall–Kier alpha value is -2.54. The lowest BCUT2D eigenvalue weighted by molar-refractivity contribution is 0.0945. The summed E-state index contributed by atoms with van der Waals surface area (Å²) in [5.74, 6) is 1.18. The first kappa shape index (κ1) is 20.2. The maximum atomic E-state index is 12.5. The lowest BCUT2D eigenvalue weighted by atomic mass is 9.84. The van der Waals surface area contributed by atoms with Gasteiger partial charge in [-0.2, -0.15) is 0 Å². The number of carbonyl (C=O) groups excluding carboxylic acids is 1. The molecule has 0 saturated carbocycles. The number of carbonyl (C=O) groups is 1. The van der Waals surface area contributed by atoms with Crippen molar-refractivity contribution in [2.45, 2.75) is 43.3 Å². The van der Waals surface area contributed by atoms with Crippen molar-refractivity contribution in [2.24, 2.45) is 0 Å². The molecule has 1 aliphatic rings. The minimum absolute atomic E-state index is 0.221. The number of rotatable bonds is 6. The van der Waals surface area contributed by atoms with Gasteiger partial charge in [-0.25, -0.2) is 8.42 Å². The predicted octanol–water partition coefficient (Wildman–Crippen LogP) is 3.31. The van der Waals surface area contributed by atoms with Crippen LogP contribution in [0.2, 0.25) is 0 Å². The van der Waals surface area contributed by atoms with E-state index in [4.69, 9.17) is 9.47 Å². The summed E-state index contributed by atoms with van der Waals surface area (Å²) in [7, 11) is -3.35. The molecule has 1 amide bonds. The van der Waals surface area contributed by atoms with Gasteiger partial charge in [0.2, 0.25) is 6.79 Å². The molecule has 7 heteroatoms. The van der Waals surface area contributed by atoms with Crippen LogP contribution in [-0.4, -0.2) is 32.9 Å². The van der Waals surface area contributed by atoms with Gasteiger partial charge < -0.3 is 14.8 Å². The molecule has 28 heavy (non-hydrogen) atoms. The van der Waals surface area contributed by atoms with Crippen LogP contribution < -0.4 is 14.8 Å². The molecule has 1 N–H and O–H groups in total. The van der Waals surface area contributed by atoms with Gasteiger partial charge in [-0.1, -0.05) is 19.9 Å². The lowest BCUT2D eigenvalue weighted by Gasteiger charge is -2.26. The first-order chi connectivity index (χ1) is 13.1. The van der Waals surface area contributed by atoms with E-state index in [1.807, 2.05) is 32.0 Å². The average molecular weight is 404 g/mol. The van der Waals surface area contributed by atoms with E-state index < -0.39 is 15.1 Å². The Morgan fingerprint density at radius 3 is 2.36 bits per heavy atom. The van der Waals surface area contributed by atoms with E-state index in [1.165, 1.54) is 24.3 Å². The van der Waals surface area contributed by atoms with Crippen molar-refractivity contribution in [3.8, 4) is 11.5 Å². The summed E-state index contributed by atoms with van der Waals surface area (Å²) in [5.41, 5.74) is 1.12. The highest BCUT2D eigenvalue weighted by molar-refractivity contribution is 7.92. The highest BCUT2D eigenvalue weighted by Crippen LogP contribution is 2.36. The van der Waals surface area contributed by atoms with Gasteiger partial charge >= 0.3 is 0 Å². The Kier molecular flexibility index (Phi) is 5.39. The molecule has 0 saturated heterocycles. The molecule has 0 spiro atoms. The summed E-state index contributed by atoms with van der Waals surface area (Å²) in [6, 6.07) is 11.8. The fourth-order valence-corrected chi connectivity index (χ4v) is 3.95. The van der Waals surface area contributed by atoms with Crippen molar-refractivity contribution in [1.29, 1.82) is 0 Å². The third kappa shape index (κ3) is 3.99. The molecular weight excluding hydrogens is 378 g/mol. The van der Waals surface area contributed by atoms with Crippen LogP contribution in [0.25, 0.3) is 0 Å². The molecule has 0 aromatic heterocycles. The van der Waals surface area contributed by atoms with E-state index >= 15 is 0 Å². The van der Waals surface area contributed by atoms with Crippen LogP contribution in [0.4, 0.5) is 0 Å². The highest BCUT2D eigenvalue weighted by Gasteiger charge is 2.25. The van der Waals surface area contributed by atoms with Crippen molar-refractivity contribution >= 4 is 15.7 Å². The largest absolute Gasteiger partial charge is 0.454 e. The van der Waals surface area contributed by atoms with E-state index in [0.717, 1.165) is 11.3 Å². The van der Waals surface area contributed by atoms with Crippen molar-refractivity contribution in [1.82, 2.24) is 5.32 Å². The third-order valence-electron chi connectivity index (χ3n) is 4.91. The van der Waals surface area contributed by atoms with Crippen molar-refractivity contribution in [3.63, 3.8) is 0 Å². The first-order valence-corrected chi connectivity index (χ1v) is 10.7. The molecule has 1 aliphatic heterocycles. The van der Waals surface area contributed by atoms with Crippen molar-refractivity contribution < 1.29 is 22.7 Å². The van der Waals surface area contributed by atoms with Gasteiger partial charge in [0.25, 0.3) is 5.91 Å². The van der Waals surface area contributed by atoms with Gasteiger partial charge in [-0.15, -0.1) is 0 Å². The standard InChI is InChI=1S/C21H25NO5S/c1-14(2)28(24,25)17-8-5-15(6-9-17)20(23)22-12-21(3,4)16-7-10-18-19(11-16)27-13-26-18/h5-11,14H,12-13H2,1-4H3,(H,22,23). The van der Waals surface area contributed by atoms with Gasteiger partial charge in [0, 0.05) is 17.5 Å². The monoisotopic (exact) mass is 403 g/mol. The average Bonchev–Trinajstić information content (AvgIpc) is 3.14. The summed E-state index contributed by atoms with van der Waals surface area (Å²) >= 11 is 0. The second-order valence-corrected chi connectivity index (χ2v) is 10.3. The normalized spacial score (nSPS) is 13.6. The van der Waals surface area contributed by atoms with Crippen LogP contribution in [0, 0.1) is 0 Å². The third-order valence-corrected chi connectivity index (χ3v) is 7.08. The van der Waals surface area contributed by atoms with Crippen LogP contribution >= 0.6 is 0 Å². The summed E-state index contributed by atoms with van der Waals surface area (Å²) in [6.45, 7) is 7.96. The van der Waals surface area contributed by atoms with Gasteiger partial charge in [0.15, 0.2) is 21.3 Å². The molecule has 3 rings (SSSR count). The summed E-state index contributed by atoms with van der Waals surface area (Å²) < 4.78 is 35.1. The molecule has 2 aromatic carbocycles. The topological polar surface area (TPSA) is 81.7 Å². The summed E-state index contributed by atoms with van der Waals surface area (Å²) in [5, 5.41) is 2.42. The maximum Gasteiger partial charge on any atom is 0.251 e. The van der Waals surface area contributed by atoms with E-state index in [1.54, 1.807) is 13.8 Å². The molecule has 0 aliphatic carbocycles. The van der Waals surface area contributed by atoms with Gasteiger partial charge in [0.1, 0.15) is 0 Å². The predicted molar refractivity (Wildman–Crippen MR) is 107 cm³/mol. The van der Waals surface area contributed by atoms with Crippen molar-refractivity contribution in [3.05, 3.63) is 53.6 Å². The minimum atomic E-state index is -3.35. The number of fused-ring (bicyclic) bond motifs is 1. The molecule has 0 radical (unpaired) electrons. The van der Waals surface area contributed by atoms with Gasteiger partial charge in [0.05, 0.1) is 10.1 Å². The zero-order valence-electron chi connectivity index (χ0n) is 16.5. The molecule has 0 unspecified atom stereocenters. The van der Waals surface area contributed by atoms with E-state index in [-0.39, 0.29) is 23.0 Å². The van der Waals surface area contributed by atoms with Gasteiger partial charge in [-0.3, -0.25) is 4.79 Å². The fraction of sp³-hybridized carbons (Fsp3) is 0.381. The minimum Gasteiger partial charge on any atom is -0.454 e. The van der Waals surface area contributed by atoms with Crippen LogP contribution in [-0.2, 0) is 15.3 Å². The summed E-state index contributed by atoms with van der Waals surface area (Å²) in [4.78, 5) is 12.7. The molecule has 6 nitrogen and oxygen atoms in total. The lowest BCUT2D eigenvalue weighted by Crippen LogP contribution is -2.36. The molecular formula is C21H25NO5S. The Bertz CT molecular complexity index is 978. The summed E-state index contributed by atoms with van der Waals surface area (Å²) in [6.07, 6.45) is 0. The molecule has 0 bridgehead atoms. The Morgan fingerprint density at radius 1 is 1.07 bits per heavy atom. The molecule has 0 atom stereocenters. The number of nitrogens with one attached hydrogen (secondary N) is 1. The number of ether oxygens (including phenoxy) is 2. The second-order valence-electron chi connectivity index (χ2n) is 7.75. The van der Waals surface area contributed by atoms with Gasteiger partial charge in [-0.05, 0) is 55.8 Å². The maximum absolute atomic E-state index is 12.5. The highest BCUT2D eigenvalue weighted by atomic mass is 32.2. The van der Waals surface area contributed by atoms with Crippen molar-refractivity contribution in [2.75, 3.05) is 13.3 Å². The number of amides is 1. The van der Waals surface area contributed by atoms with Crippen LogP contribution in [0.5, 0.6) is 11.5 Å². The zero-order valence-corrected chi connectivity index (χ0v) is 17.3. The Labute approximate surface area is 165 Å². The molecule has 2 aromatic rings. The zero-order chi connectivity index (χ0) is 20.5. The fourth-order valence-electron chi connectivity index (χ4n) is 2.89. The van der Waals surface area contributed by atoms with Crippen LogP contribution in [0.15, 0.2) is 47.4 Å². The number of benzene rings is 2. The smallest absolute Gasteiger partial charge is 0.251 e. The van der Waals surface area contributed by atoms with Crippen LogP contribution in [0.1, 0.15) is 43.6 Å². The quantitative estimate of drug-likeness (QED) is 0.800. The van der Waals surface area contributed by atoms with E-state index in [9.17, 15) is 13.2 Å². The second kappa shape index (κ2) is 7.47. The number of hydrogen-bond acceptors (Lipinski definition) is 5. The number of hydrogen-bond donors (Lipinski definition) is 1. The first-order valence-electron chi connectivity index (χ1n) is 9.13. The SMILES string of the molecule is CC(C)S(=O)(=O)c1ccc(C(=O)NCC(C)(C)c2ccc3c(c2)OCO3)cc1. The molecule has 1 heterocycles.